The average Bonchev–Trinajstić information content (AvgIpc) is 3.20. The van der Waals surface area contributed by atoms with Crippen LogP contribution in [0.25, 0.3) is 0 Å². The highest BCUT2D eigenvalue weighted by Gasteiger charge is 2.43. The highest BCUT2D eigenvalue weighted by Crippen LogP contribution is 2.45. The van der Waals surface area contributed by atoms with Gasteiger partial charge in [0, 0.05) is 36.6 Å². The molecule has 0 unspecified atom stereocenters. The molecule has 4 heterocycles. The second-order valence-electron chi connectivity index (χ2n) is 8.01. The Bertz CT molecular complexity index is 847. The SMILES string of the molecule is Cc1cc(CN2CCC3(CC2)OCCc2cc(C(=O)NC4CC4)sc23)no1. The van der Waals surface area contributed by atoms with Crippen molar-refractivity contribution < 1.29 is 14.1 Å². The summed E-state index contributed by atoms with van der Waals surface area (Å²) in [5.74, 6) is 0.945. The predicted molar refractivity (Wildman–Crippen MR) is 102 cm³/mol. The molecule has 0 atom stereocenters. The maximum absolute atomic E-state index is 12.5. The molecule has 27 heavy (non-hydrogen) atoms. The van der Waals surface area contributed by atoms with Gasteiger partial charge in [0.2, 0.25) is 0 Å². The number of thiophene rings is 1. The lowest BCUT2D eigenvalue weighted by molar-refractivity contribution is -0.0962. The Morgan fingerprint density at radius 2 is 2.19 bits per heavy atom. The van der Waals surface area contributed by atoms with Crippen LogP contribution in [0, 0.1) is 6.92 Å². The number of nitrogens with one attached hydrogen (secondary N) is 1. The summed E-state index contributed by atoms with van der Waals surface area (Å²) in [6, 6.07) is 4.50. The van der Waals surface area contributed by atoms with Crippen LogP contribution in [0.15, 0.2) is 16.7 Å². The van der Waals surface area contributed by atoms with E-state index in [9.17, 15) is 4.79 Å². The van der Waals surface area contributed by atoms with Gasteiger partial charge in [-0.05, 0) is 50.7 Å². The highest BCUT2D eigenvalue weighted by atomic mass is 32.1. The number of piperidine rings is 1. The number of rotatable bonds is 4. The van der Waals surface area contributed by atoms with Crippen molar-refractivity contribution in [2.24, 2.45) is 0 Å². The number of fused-ring (bicyclic) bond motifs is 2. The standard InChI is InChI=1S/C20H25N3O3S/c1-13-10-16(22-26-13)12-23-7-5-20(6-8-23)18-14(4-9-25-20)11-17(27-18)19(24)21-15-2-3-15/h10-11,15H,2-9,12H2,1H3,(H,21,24). The van der Waals surface area contributed by atoms with Crippen molar-refractivity contribution >= 4 is 17.2 Å². The van der Waals surface area contributed by atoms with E-state index in [1.807, 2.05) is 13.0 Å². The molecule has 6 nitrogen and oxygen atoms in total. The van der Waals surface area contributed by atoms with Gasteiger partial charge in [-0.3, -0.25) is 9.69 Å². The van der Waals surface area contributed by atoms with Crippen LogP contribution >= 0.6 is 11.3 Å². The van der Waals surface area contributed by atoms with Gasteiger partial charge in [0.1, 0.15) is 11.4 Å². The van der Waals surface area contributed by atoms with Gasteiger partial charge < -0.3 is 14.6 Å². The molecular weight excluding hydrogens is 362 g/mol. The number of aryl methyl sites for hydroxylation is 1. The summed E-state index contributed by atoms with van der Waals surface area (Å²) < 4.78 is 11.5. The van der Waals surface area contributed by atoms with Gasteiger partial charge in [-0.25, -0.2) is 0 Å². The molecule has 1 amide bonds. The third-order valence-corrected chi connectivity index (χ3v) is 7.20. The number of nitrogens with zero attached hydrogens (tertiary/aromatic N) is 2. The fourth-order valence-corrected chi connectivity index (χ4v) is 5.50. The van der Waals surface area contributed by atoms with E-state index in [0.717, 1.165) is 74.7 Å². The van der Waals surface area contributed by atoms with Gasteiger partial charge in [-0.2, -0.15) is 0 Å². The van der Waals surface area contributed by atoms with E-state index < -0.39 is 0 Å². The van der Waals surface area contributed by atoms with Gasteiger partial charge in [0.15, 0.2) is 0 Å². The van der Waals surface area contributed by atoms with Gasteiger partial charge in [0.05, 0.1) is 17.2 Å². The van der Waals surface area contributed by atoms with Gasteiger partial charge in [0.25, 0.3) is 5.91 Å². The number of carbonyl (C=O) groups is 1. The number of amides is 1. The van der Waals surface area contributed by atoms with Crippen molar-refractivity contribution in [1.82, 2.24) is 15.4 Å². The highest BCUT2D eigenvalue weighted by molar-refractivity contribution is 7.14. The second kappa shape index (κ2) is 6.72. The fourth-order valence-electron chi connectivity index (χ4n) is 4.18. The Hall–Kier alpha value is -1.70. The number of likely N-dealkylation sites (tertiary alicyclic amines) is 1. The molecule has 1 saturated heterocycles. The Labute approximate surface area is 162 Å². The van der Waals surface area contributed by atoms with Crippen molar-refractivity contribution in [3.8, 4) is 0 Å². The summed E-state index contributed by atoms with van der Waals surface area (Å²) >= 11 is 1.64. The molecule has 1 aliphatic carbocycles. The molecular formula is C20H25N3O3S. The number of aromatic nitrogens is 1. The summed E-state index contributed by atoms with van der Waals surface area (Å²) in [4.78, 5) is 17.0. The molecule has 1 saturated carbocycles. The molecule has 2 fully saturated rings. The van der Waals surface area contributed by atoms with Crippen LogP contribution in [0.1, 0.15) is 57.2 Å². The molecule has 0 radical (unpaired) electrons. The van der Waals surface area contributed by atoms with Gasteiger partial charge >= 0.3 is 0 Å². The van der Waals surface area contributed by atoms with E-state index in [-0.39, 0.29) is 11.5 Å². The zero-order chi connectivity index (χ0) is 18.4. The largest absolute Gasteiger partial charge is 0.369 e. The summed E-state index contributed by atoms with van der Waals surface area (Å²) in [7, 11) is 0. The average molecular weight is 388 g/mol. The maximum atomic E-state index is 12.5. The Kier molecular flexibility index (Phi) is 4.33. The van der Waals surface area contributed by atoms with Crippen molar-refractivity contribution in [3.05, 3.63) is 38.9 Å². The minimum atomic E-state index is -0.216. The molecule has 3 aliphatic rings. The van der Waals surface area contributed by atoms with Crippen molar-refractivity contribution in [2.75, 3.05) is 19.7 Å². The number of carbonyl (C=O) groups excluding carboxylic acids is 1. The number of ether oxygens (including phenoxy) is 1. The first kappa shape index (κ1) is 17.4. The van der Waals surface area contributed by atoms with Crippen molar-refractivity contribution in [3.63, 3.8) is 0 Å². The molecule has 1 spiro atoms. The lowest BCUT2D eigenvalue weighted by Gasteiger charge is -2.43. The first-order chi connectivity index (χ1) is 13.1. The lowest BCUT2D eigenvalue weighted by atomic mass is 9.85. The van der Waals surface area contributed by atoms with Crippen LogP contribution in [0.2, 0.25) is 0 Å². The lowest BCUT2D eigenvalue weighted by Crippen LogP contribution is -2.45. The fraction of sp³-hybridized carbons (Fsp3) is 0.600. The molecule has 5 rings (SSSR count). The van der Waals surface area contributed by atoms with E-state index in [1.54, 1.807) is 11.3 Å². The third kappa shape index (κ3) is 3.44. The summed E-state index contributed by atoms with van der Waals surface area (Å²) in [6.07, 6.45) is 5.06. The van der Waals surface area contributed by atoms with Gasteiger partial charge in [-0.15, -0.1) is 11.3 Å². The Balaban J connectivity index is 1.30. The number of hydrogen-bond donors (Lipinski definition) is 1. The zero-order valence-electron chi connectivity index (χ0n) is 15.6. The maximum Gasteiger partial charge on any atom is 0.261 e. The van der Waals surface area contributed by atoms with E-state index in [4.69, 9.17) is 9.26 Å². The van der Waals surface area contributed by atoms with Crippen LogP contribution in [0.5, 0.6) is 0 Å². The normalized spacial score (nSPS) is 22.0. The van der Waals surface area contributed by atoms with E-state index >= 15 is 0 Å². The molecule has 0 aromatic carbocycles. The zero-order valence-corrected chi connectivity index (χ0v) is 16.4. The Morgan fingerprint density at radius 3 is 2.89 bits per heavy atom. The quantitative estimate of drug-likeness (QED) is 0.874. The van der Waals surface area contributed by atoms with Crippen LogP contribution < -0.4 is 5.32 Å². The first-order valence-corrected chi connectivity index (χ1v) is 10.7. The minimum absolute atomic E-state index is 0.0888. The monoisotopic (exact) mass is 387 g/mol. The number of hydrogen-bond acceptors (Lipinski definition) is 6. The van der Waals surface area contributed by atoms with Gasteiger partial charge in [-0.1, -0.05) is 5.16 Å². The summed E-state index contributed by atoms with van der Waals surface area (Å²) in [5, 5.41) is 7.22. The summed E-state index contributed by atoms with van der Waals surface area (Å²) in [5.41, 5.74) is 2.09. The topological polar surface area (TPSA) is 67.6 Å². The first-order valence-electron chi connectivity index (χ1n) is 9.84. The molecule has 2 aromatic rings. The Morgan fingerprint density at radius 1 is 1.37 bits per heavy atom. The third-order valence-electron chi connectivity index (χ3n) is 5.84. The van der Waals surface area contributed by atoms with E-state index in [0.29, 0.717) is 6.04 Å². The predicted octanol–water partition coefficient (Wildman–Crippen LogP) is 3.00. The van der Waals surface area contributed by atoms with Crippen LogP contribution in [-0.2, 0) is 23.3 Å². The minimum Gasteiger partial charge on any atom is -0.369 e. The van der Waals surface area contributed by atoms with Crippen LogP contribution in [0.3, 0.4) is 0 Å². The van der Waals surface area contributed by atoms with E-state index in [1.165, 1.54) is 10.4 Å². The summed E-state index contributed by atoms with van der Waals surface area (Å²) in [6.45, 7) is 5.42. The molecule has 144 valence electrons. The molecule has 7 heteroatoms. The van der Waals surface area contributed by atoms with Crippen molar-refractivity contribution in [2.45, 2.75) is 57.2 Å². The molecule has 1 N–H and O–H groups in total. The van der Waals surface area contributed by atoms with E-state index in [2.05, 4.69) is 21.4 Å². The van der Waals surface area contributed by atoms with Crippen LogP contribution in [-0.4, -0.2) is 41.7 Å². The molecule has 2 aliphatic heterocycles. The molecule has 0 bridgehead atoms. The van der Waals surface area contributed by atoms with Crippen molar-refractivity contribution in [1.29, 1.82) is 0 Å². The smallest absolute Gasteiger partial charge is 0.261 e. The second-order valence-corrected chi connectivity index (χ2v) is 9.06. The van der Waals surface area contributed by atoms with Crippen LogP contribution in [0.4, 0.5) is 0 Å². The molecule has 2 aromatic heterocycles.